The molecule has 0 aliphatic rings. The van der Waals surface area contributed by atoms with Gasteiger partial charge in [0.1, 0.15) is 10.8 Å². The fraction of sp³-hybridized carbons (Fsp3) is 0.250. The third-order valence-corrected chi connectivity index (χ3v) is 3.11. The van der Waals surface area contributed by atoms with E-state index in [4.69, 9.17) is 9.47 Å². The molecule has 0 atom stereocenters. The van der Waals surface area contributed by atoms with E-state index in [0.717, 1.165) is 22.0 Å². The van der Waals surface area contributed by atoms with Crippen LogP contribution in [0.2, 0.25) is 0 Å². The van der Waals surface area contributed by atoms with E-state index >= 15 is 0 Å². The second-order valence-electron chi connectivity index (χ2n) is 3.28. The molecule has 0 bridgehead atoms. The quantitative estimate of drug-likeness (QED) is 0.816. The minimum Gasteiger partial charge on any atom is -0.496 e. The summed E-state index contributed by atoms with van der Waals surface area (Å²) in [5.41, 5.74) is 1.98. The van der Waals surface area contributed by atoms with Crippen molar-refractivity contribution in [1.82, 2.24) is 4.98 Å². The highest BCUT2D eigenvalue weighted by Crippen LogP contribution is 2.31. The van der Waals surface area contributed by atoms with Gasteiger partial charge in [0.2, 0.25) is 0 Å². The SMILES string of the molecule is COCc1csc(-c2ccccc2OC)n1. The summed E-state index contributed by atoms with van der Waals surface area (Å²) in [6, 6.07) is 7.88. The first-order valence-corrected chi connectivity index (χ1v) is 5.80. The van der Waals surface area contributed by atoms with Crippen LogP contribution >= 0.6 is 11.3 Å². The number of nitrogens with zero attached hydrogens (tertiary/aromatic N) is 1. The minimum atomic E-state index is 0.547. The summed E-state index contributed by atoms with van der Waals surface area (Å²) in [4.78, 5) is 4.49. The smallest absolute Gasteiger partial charge is 0.129 e. The van der Waals surface area contributed by atoms with E-state index in [9.17, 15) is 0 Å². The van der Waals surface area contributed by atoms with Crippen molar-refractivity contribution in [1.29, 1.82) is 0 Å². The first-order valence-electron chi connectivity index (χ1n) is 4.92. The van der Waals surface area contributed by atoms with E-state index in [0.29, 0.717) is 6.61 Å². The van der Waals surface area contributed by atoms with Crippen molar-refractivity contribution >= 4 is 11.3 Å². The average molecular weight is 235 g/mol. The van der Waals surface area contributed by atoms with E-state index in [-0.39, 0.29) is 0 Å². The summed E-state index contributed by atoms with van der Waals surface area (Å²) < 4.78 is 10.4. The van der Waals surface area contributed by atoms with Crippen molar-refractivity contribution in [2.75, 3.05) is 14.2 Å². The van der Waals surface area contributed by atoms with Gasteiger partial charge < -0.3 is 9.47 Å². The highest BCUT2D eigenvalue weighted by Gasteiger charge is 2.09. The van der Waals surface area contributed by atoms with Gasteiger partial charge in [-0.1, -0.05) is 12.1 Å². The summed E-state index contributed by atoms with van der Waals surface area (Å²) in [6.07, 6.45) is 0. The molecule has 0 unspecified atom stereocenters. The maximum atomic E-state index is 5.30. The van der Waals surface area contributed by atoms with Gasteiger partial charge in [0.25, 0.3) is 0 Å². The molecule has 0 saturated carbocycles. The number of benzene rings is 1. The number of ether oxygens (including phenoxy) is 2. The minimum absolute atomic E-state index is 0.547. The third-order valence-electron chi connectivity index (χ3n) is 2.18. The Bertz CT molecular complexity index is 468. The van der Waals surface area contributed by atoms with Crippen molar-refractivity contribution in [3.05, 3.63) is 35.3 Å². The monoisotopic (exact) mass is 235 g/mol. The zero-order valence-electron chi connectivity index (χ0n) is 9.27. The fourth-order valence-corrected chi connectivity index (χ4v) is 2.30. The lowest BCUT2D eigenvalue weighted by Crippen LogP contribution is -1.89. The highest BCUT2D eigenvalue weighted by molar-refractivity contribution is 7.13. The van der Waals surface area contributed by atoms with Crippen LogP contribution < -0.4 is 4.74 Å². The number of rotatable bonds is 4. The van der Waals surface area contributed by atoms with Crippen LogP contribution in [0.3, 0.4) is 0 Å². The van der Waals surface area contributed by atoms with Gasteiger partial charge >= 0.3 is 0 Å². The molecular formula is C12H13NO2S. The molecule has 16 heavy (non-hydrogen) atoms. The molecule has 0 amide bonds. The second-order valence-corrected chi connectivity index (χ2v) is 4.14. The fourth-order valence-electron chi connectivity index (χ4n) is 1.47. The molecule has 0 aliphatic heterocycles. The Morgan fingerprint density at radius 1 is 1.25 bits per heavy atom. The van der Waals surface area contributed by atoms with Crippen LogP contribution in [0.5, 0.6) is 5.75 Å². The molecule has 0 spiro atoms. The Morgan fingerprint density at radius 2 is 2.06 bits per heavy atom. The highest BCUT2D eigenvalue weighted by atomic mass is 32.1. The molecule has 0 aliphatic carbocycles. The first-order chi connectivity index (χ1) is 7.85. The Morgan fingerprint density at radius 3 is 2.81 bits per heavy atom. The molecule has 1 aromatic heterocycles. The third kappa shape index (κ3) is 2.23. The lowest BCUT2D eigenvalue weighted by atomic mass is 10.2. The van der Waals surface area contributed by atoms with Gasteiger partial charge in [-0.2, -0.15) is 0 Å². The number of methoxy groups -OCH3 is 2. The van der Waals surface area contributed by atoms with Gasteiger partial charge in [0.15, 0.2) is 0 Å². The predicted octanol–water partition coefficient (Wildman–Crippen LogP) is 2.97. The predicted molar refractivity (Wildman–Crippen MR) is 64.8 cm³/mol. The van der Waals surface area contributed by atoms with E-state index in [1.807, 2.05) is 29.6 Å². The lowest BCUT2D eigenvalue weighted by molar-refractivity contribution is 0.182. The molecule has 0 radical (unpaired) electrons. The van der Waals surface area contributed by atoms with Crippen LogP contribution in [0, 0.1) is 0 Å². The standard InChI is InChI=1S/C12H13NO2S/c1-14-7-9-8-16-12(13-9)10-5-3-4-6-11(10)15-2/h3-6,8H,7H2,1-2H3. The van der Waals surface area contributed by atoms with Gasteiger partial charge in [0, 0.05) is 12.5 Å². The summed E-state index contributed by atoms with van der Waals surface area (Å²) in [5, 5.41) is 2.97. The molecule has 1 aromatic carbocycles. The van der Waals surface area contributed by atoms with Gasteiger partial charge in [-0.25, -0.2) is 4.98 Å². The summed E-state index contributed by atoms with van der Waals surface area (Å²) in [5.74, 6) is 0.848. The number of hydrogen-bond acceptors (Lipinski definition) is 4. The zero-order chi connectivity index (χ0) is 11.4. The normalized spacial score (nSPS) is 10.4. The van der Waals surface area contributed by atoms with E-state index in [1.165, 1.54) is 0 Å². The number of thiazole rings is 1. The van der Waals surface area contributed by atoms with Crippen LogP contribution in [0.4, 0.5) is 0 Å². The Labute approximate surface area is 98.7 Å². The molecule has 3 nitrogen and oxygen atoms in total. The number of para-hydroxylation sites is 1. The van der Waals surface area contributed by atoms with Gasteiger partial charge in [-0.05, 0) is 12.1 Å². The number of hydrogen-bond donors (Lipinski definition) is 0. The second kappa shape index (κ2) is 5.09. The van der Waals surface area contributed by atoms with Gasteiger partial charge in [-0.15, -0.1) is 11.3 Å². The number of aromatic nitrogens is 1. The van der Waals surface area contributed by atoms with Crippen molar-refractivity contribution in [3.8, 4) is 16.3 Å². The topological polar surface area (TPSA) is 31.4 Å². The molecule has 0 fully saturated rings. The molecule has 0 N–H and O–H groups in total. The van der Waals surface area contributed by atoms with Crippen LogP contribution in [0.15, 0.2) is 29.6 Å². The first kappa shape index (κ1) is 11.1. The van der Waals surface area contributed by atoms with Crippen LogP contribution in [-0.4, -0.2) is 19.2 Å². The van der Waals surface area contributed by atoms with E-state index in [2.05, 4.69) is 4.98 Å². The summed E-state index contributed by atoms with van der Waals surface area (Å²) >= 11 is 1.60. The Hall–Kier alpha value is -1.39. The Kier molecular flexibility index (Phi) is 3.54. The van der Waals surface area contributed by atoms with Crippen LogP contribution in [-0.2, 0) is 11.3 Å². The summed E-state index contributed by atoms with van der Waals surface area (Å²) in [7, 11) is 3.34. The summed E-state index contributed by atoms with van der Waals surface area (Å²) in [6.45, 7) is 0.547. The Balaban J connectivity index is 2.34. The van der Waals surface area contributed by atoms with Gasteiger partial charge in [0.05, 0.1) is 25.0 Å². The van der Waals surface area contributed by atoms with E-state index in [1.54, 1.807) is 25.6 Å². The molecule has 2 aromatic rings. The largest absolute Gasteiger partial charge is 0.496 e. The maximum absolute atomic E-state index is 5.30. The lowest BCUT2D eigenvalue weighted by Gasteiger charge is -2.04. The molecular weight excluding hydrogens is 222 g/mol. The van der Waals surface area contributed by atoms with Crippen molar-refractivity contribution in [2.45, 2.75) is 6.61 Å². The van der Waals surface area contributed by atoms with Crippen LogP contribution in [0.1, 0.15) is 5.69 Å². The average Bonchev–Trinajstić information content (AvgIpc) is 2.78. The maximum Gasteiger partial charge on any atom is 0.129 e. The van der Waals surface area contributed by atoms with Crippen molar-refractivity contribution in [3.63, 3.8) is 0 Å². The van der Waals surface area contributed by atoms with Crippen molar-refractivity contribution < 1.29 is 9.47 Å². The molecule has 2 rings (SSSR count). The van der Waals surface area contributed by atoms with Gasteiger partial charge in [-0.3, -0.25) is 0 Å². The molecule has 4 heteroatoms. The molecule has 1 heterocycles. The zero-order valence-corrected chi connectivity index (χ0v) is 10.1. The van der Waals surface area contributed by atoms with Crippen LogP contribution in [0.25, 0.3) is 10.6 Å². The molecule has 0 saturated heterocycles. The molecule has 84 valence electrons. The van der Waals surface area contributed by atoms with E-state index < -0.39 is 0 Å². The van der Waals surface area contributed by atoms with Crippen molar-refractivity contribution in [2.24, 2.45) is 0 Å².